The van der Waals surface area contributed by atoms with Crippen LogP contribution in [-0.4, -0.2) is 50.6 Å². The standard InChI is InChI=1S/C16H27N3O2/c1-5-17-13(2)12-16(20)18-14-6-8-15(9-7-14)21-11-10-19(3)4/h6-9,13,17H,5,10-12H2,1-4H3,(H,18,20). The number of hydrogen-bond donors (Lipinski definition) is 2. The Morgan fingerprint density at radius 1 is 1.29 bits per heavy atom. The zero-order valence-corrected chi connectivity index (χ0v) is 13.5. The lowest BCUT2D eigenvalue weighted by molar-refractivity contribution is -0.116. The second kappa shape index (κ2) is 9.37. The number of anilines is 1. The molecule has 0 radical (unpaired) electrons. The van der Waals surface area contributed by atoms with Gasteiger partial charge in [-0.05, 0) is 51.8 Å². The normalized spacial score (nSPS) is 12.2. The topological polar surface area (TPSA) is 53.6 Å². The Labute approximate surface area is 127 Å². The summed E-state index contributed by atoms with van der Waals surface area (Å²) in [5.74, 6) is 0.834. The first kappa shape index (κ1) is 17.5. The van der Waals surface area contributed by atoms with E-state index in [2.05, 4.69) is 15.5 Å². The van der Waals surface area contributed by atoms with E-state index in [0.717, 1.165) is 24.5 Å². The Hall–Kier alpha value is -1.59. The highest BCUT2D eigenvalue weighted by Gasteiger charge is 2.08. The Balaban J connectivity index is 2.38. The lowest BCUT2D eigenvalue weighted by Crippen LogP contribution is -2.30. The van der Waals surface area contributed by atoms with Crippen LogP contribution in [0.2, 0.25) is 0 Å². The van der Waals surface area contributed by atoms with Crippen molar-refractivity contribution in [2.75, 3.05) is 39.1 Å². The molecule has 0 bridgehead atoms. The van der Waals surface area contributed by atoms with E-state index >= 15 is 0 Å². The van der Waals surface area contributed by atoms with E-state index in [9.17, 15) is 4.79 Å². The van der Waals surface area contributed by atoms with Gasteiger partial charge in [0.25, 0.3) is 0 Å². The molecule has 21 heavy (non-hydrogen) atoms. The maximum Gasteiger partial charge on any atom is 0.225 e. The third kappa shape index (κ3) is 7.68. The van der Waals surface area contributed by atoms with Crippen molar-refractivity contribution in [3.05, 3.63) is 24.3 Å². The van der Waals surface area contributed by atoms with Crippen LogP contribution in [0, 0.1) is 0 Å². The minimum atomic E-state index is 0.0183. The summed E-state index contributed by atoms with van der Waals surface area (Å²) < 4.78 is 5.61. The van der Waals surface area contributed by atoms with Crippen LogP contribution in [0.4, 0.5) is 5.69 Å². The fourth-order valence-electron chi connectivity index (χ4n) is 1.89. The van der Waals surface area contributed by atoms with Crippen LogP contribution in [-0.2, 0) is 4.79 Å². The summed E-state index contributed by atoms with van der Waals surface area (Å²) in [6, 6.07) is 7.66. The molecular weight excluding hydrogens is 266 g/mol. The van der Waals surface area contributed by atoms with Crippen molar-refractivity contribution in [3.63, 3.8) is 0 Å². The number of benzene rings is 1. The second-order valence-electron chi connectivity index (χ2n) is 5.39. The van der Waals surface area contributed by atoms with Crippen molar-refractivity contribution in [2.24, 2.45) is 0 Å². The summed E-state index contributed by atoms with van der Waals surface area (Å²) in [6.45, 7) is 6.43. The summed E-state index contributed by atoms with van der Waals surface area (Å²) in [6.07, 6.45) is 0.467. The lowest BCUT2D eigenvalue weighted by Gasteiger charge is -2.13. The Morgan fingerprint density at radius 2 is 1.95 bits per heavy atom. The number of ether oxygens (including phenoxy) is 1. The maximum absolute atomic E-state index is 11.8. The summed E-state index contributed by atoms with van der Waals surface area (Å²) in [5.41, 5.74) is 0.795. The molecule has 118 valence electrons. The van der Waals surface area contributed by atoms with Crippen LogP contribution < -0.4 is 15.4 Å². The first-order chi connectivity index (χ1) is 10.0. The molecule has 0 spiro atoms. The van der Waals surface area contributed by atoms with Crippen LogP contribution in [0.3, 0.4) is 0 Å². The smallest absolute Gasteiger partial charge is 0.225 e. The fourth-order valence-corrected chi connectivity index (χ4v) is 1.89. The lowest BCUT2D eigenvalue weighted by atomic mass is 10.2. The third-order valence-electron chi connectivity index (χ3n) is 2.99. The summed E-state index contributed by atoms with van der Waals surface area (Å²) in [5, 5.41) is 6.11. The largest absolute Gasteiger partial charge is 0.492 e. The van der Waals surface area contributed by atoms with Gasteiger partial charge < -0.3 is 20.3 Å². The van der Waals surface area contributed by atoms with Gasteiger partial charge in [-0.25, -0.2) is 0 Å². The molecule has 0 aromatic heterocycles. The Morgan fingerprint density at radius 3 is 2.52 bits per heavy atom. The van der Waals surface area contributed by atoms with Gasteiger partial charge in [0.2, 0.25) is 5.91 Å². The van der Waals surface area contributed by atoms with Crippen molar-refractivity contribution in [1.82, 2.24) is 10.2 Å². The molecule has 5 nitrogen and oxygen atoms in total. The van der Waals surface area contributed by atoms with Gasteiger partial charge in [-0.15, -0.1) is 0 Å². The van der Waals surface area contributed by atoms with Crippen LogP contribution in [0.25, 0.3) is 0 Å². The predicted octanol–water partition coefficient (Wildman–Crippen LogP) is 1.95. The van der Waals surface area contributed by atoms with E-state index in [0.29, 0.717) is 13.0 Å². The predicted molar refractivity (Wildman–Crippen MR) is 86.9 cm³/mol. The van der Waals surface area contributed by atoms with Crippen LogP contribution in [0.1, 0.15) is 20.3 Å². The van der Waals surface area contributed by atoms with Gasteiger partial charge in [-0.3, -0.25) is 4.79 Å². The first-order valence-corrected chi connectivity index (χ1v) is 7.42. The number of carbonyl (C=O) groups is 1. The molecule has 0 heterocycles. The minimum Gasteiger partial charge on any atom is -0.492 e. The molecule has 1 amide bonds. The Bertz CT molecular complexity index is 418. The molecule has 1 aromatic rings. The summed E-state index contributed by atoms with van der Waals surface area (Å²) in [7, 11) is 4.02. The maximum atomic E-state index is 11.8. The van der Waals surface area contributed by atoms with E-state index in [4.69, 9.17) is 4.74 Å². The van der Waals surface area contributed by atoms with Gasteiger partial charge in [0, 0.05) is 24.7 Å². The number of likely N-dealkylation sites (N-methyl/N-ethyl adjacent to an activating group) is 1. The van der Waals surface area contributed by atoms with Crippen LogP contribution >= 0.6 is 0 Å². The van der Waals surface area contributed by atoms with Gasteiger partial charge in [0.05, 0.1) is 0 Å². The molecule has 0 aliphatic carbocycles. The van der Waals surface area contributed by atoms with E-state index in [1.165, 1.54) is 0 Å². The highest BCUT2D eigenvalue weighted by atomic mass is 16.5. The van der Waals surface area contributed by atoms with Crippen molar-refractivity contribution in [1.29, 1.82) is 0 Å². The zero-order valence-electron chi connectivity index (χ0n) is 13.5. The second-order valence-corrected chi connectivity index (χ2v) is 5.39. The molecule has 0 saturated carbocycles. The first-order valence-electron chi connectivity index (χ1n) is 7.42. The van der Waals surface area contributed by atoms with Crippen molar-refractivity contribution < 1.29 is 9.53 Å². The van der Waals surface area contributed by atoms with Crippen LogP contribution in [0.5, 0.6) is 5.75 Å². The molecule has 1 rings (SSSR count). The highest BCUT2D eigenvalue weighted by molar-refractivity contribution is 5.91. The number of nitrogens with zero attached hydrogens (tertiary/aromatic N) is 1. The van der Waals surface area contributed by atoms with E-state index in [-0.39, 0.29) is 11.9 Å². The van der Waals surface area contributed by atoms with E-state index in [1.807, 2.05) is 52.2 Å². The molecular formula is C16H27N3O2. The quantitative estimate of drug-likeness (QED) is 0.731. The van der Waals surface area contributed by atoms with E-state index < -0.39 is 0 Å². The van der Waals surface area contributed by atoms with Gasteiger partial charge in [0.15, 0.2) is 0 Å². The Kier molecular flexibility index (Phi) is 7.79. The minimum absolute atomic E-state index is 0.0183. The number of hydrogen-bond acceptors (Lipinski definition) is 4. The van der Waals surface area contributed by atoms with E-state index in [1.54, 1.807) is 0 Å². The zero-order chi connectivity index (χ0) is 15.7. The van der Waals surface area contributed by atoms with Crippen molar-refractivity contribution in [2.45, 2.75) is 26.3 Å². The molecule has 0 aliphatic rings. The van der Waals surface area contributed by atoms with Crippen LogP contribution in [0.15, 0.2) is 24.3 Å². The number of nitrogens with one attached hydrogen (secondary N) is 2. The number of rotatable bonds is 9. The molecule has 1 aromatic carbocycles. The number of carbonyl (C=O) groups excluding carboxylic acids is 1. The molecule has 1 unspecified atom stereocenters. The molecule has 0 saturated heterocycles. The van der Waals surface area contributed by atoms with Crippen molar-refractivity contribution in [3.8, 4) is 5.75 Å². The summed E-state index contributed by atoms with van der Waals surface area (Å²) in [4.78, 5) is 13.9. The van der Waals surface area contributed by atoms with Gasteiger partial charge >= 0.3 is 0 Å². The highest BCUT2D eigenvalue weighted by Crippen LogP contribution is 2.16. The molecule has 0 aliphatic heterocycles. The number of amides is 1. The van der Waals surface area contributed by atoms with Gasteiger partial charge in [-0.2, -0.15) is 0 Å². The van der Waals surface area contributed by atoms with Gasteiger partial charge in [0.1, 0.15) is 12.4 Å². The monoisotopic (exact) mass is 293 g/mol. The average Bonchev–Trinajstić information content (AvgIpc) is 2.40. The molecule has 5 heteroatoms. The molecule has 0 fully saturated rings. The summed E-state index contributed by atoms with van der Waals surface area (Å²) >= 11 is 0. The molecule has 2 N–H and O–H groups in total. The van der Waals surface area contributed by atoms with Crippen molar-refractivity contribution >= 4 is 11.6 Å². The van der Waals surface area contributed by atoms with Gasteiger partial charge in [-0.1, -0.05) is 6.92 Å². The SMILES string of the molecule is CCNC(C)CC(=O)Nc1ccc(OCCN(C)C)cc1. The average molecular weight is 293 g/mol. The molecule has 1 atom stereocenters. The third-order valence-corrected chi connectivity index (χ3v) is 2.99. The fraction of sp³-hybridized carbons (Fsp3) is 0.562.